The van der Waals surface area contributed by atoms with Crippen LogP contribution in [0.3, 0.4) is 0 Å². The second-order valence-corrected chi connectivity index (χ2v) is 9.41. The fourth-order valence-corrected chi connectivity index (χ4v) is 5.73. The number of piperidine rings is 1. The number of piperazine rings is 1. The predicted molar refractivity (Wildman–Crippen MR) is 139 cm³/mol. The van der Waals surface area contributed by atoms with Crippen LogP contribution in [0.1, 0.15) is 12.8 Å². The zero-order valence-electron chi connectivity index (χ0n) is 20.0. The maximum absolute atomic E-state index is 13.8. The molecule has 0 radical (unpaired) electrons. The molecule has 35 heavy (non-hydrogen) atoms. The fraction of sp³-hybridized carbons (Fsp3) is 0.357. The van der Waals surface area contributed by atoms with Crippen LogP contribution in [-0.2, 0) is 0 Å². The molecule has 2 fully saturated rings. The number of nitrogens with zero attached hydrogens (tertiary/aromatic N) is 5. The van der Waals surface area contributed by atoms with Crippen LogP contribution in [0.5, 0.6) is 5.75 Å². The van der Waals surface area contributed by atoms with Gasteiger partial charge in [0.05, 0.1) is 29.5 Å². The number of hydrogen-bond acceptors (Lipinski definition) is 6. The van der Waals surface area contributed by atoms with Gasteiger partial charge in [-0.2, -0.15) is 4.39 Å². The Balaban J connectivity index is 1.11. The molecule has 0 amide bonds. The minimum atomic E-state index is -0.419. The lowest BCUT2D eigenvalue weighted by Crippen LogP contribution is -2.53. The van der Waals surface area contributed by atoms with Crippen molar-refractivity contribution in [3.05, 3.63) is 66.7 Å². The Morgan fingerprint density at radius 3 is 2.37 bits per heavy atom. The number of rotatable bonds is 4. The van der Waals surface area contributed by atoms with Crippen molar-refractivity contribution < 1.29 is 9.13 Å². The van der Waals surface area contributed by atoms with Gasteiger partial charge in [0.2, 0.25) is 5.95 Å². The third-order valence-corrected chi connectivity index (χ3v) is 7.57. The van der Waals surface area contributed by atoms with Crippen molar-refractivity contribution in [1.82, 2.24) is 14.9 Å². The summed E-state index contributed by atoms with van der Waals surface area (Å²) in [5, 5.41) is 2.05. The summed E-state index contributed by atoms with van der Waals surface area (Å²) in [6, 6.07) is 18.2. The maximum Gasteiger partial charge on any atom is 0.213 e. The van der Waals surface area contributed by atoms with Crippen LogP contribution in [0.2, 0.25) is 0 Å². The van der Waals surface area contributed by atoms with Crippen molar-refractivity contribution in [3.8, 4) is 5.75 Å². The number of para-hydroxylation sites is 1. The van der Waals surface area contributed by atoms with Crippen LogP contribution < -0.4 is 14.5 Å². The number of anilines is 2. The molecule has 7 heteroatoms. The summed E-state index contributed by atoms with van der Waals surface area (Å²) in [6.07, 6.45) is 4.08. The summed E-state index contributed by atoms with van der Waals surface area (Å²) < 4.78 is 19.4. The molecule has 0 unspecified atom stereocenters. The summed E-state index contributed by atoms with van der Waals surface area (Å²) in [5.74, 6) is 0.448. The van der Waals surface area contributed by atoms with Gasteiger partial charge in [0.1, 0.15) is 5.75 Å². The van der Waals surface area contributed by atoms with E-state index in [1.54, 1.807) is 7.11 Å². The van der Waals surface area contributed by atoms with Crippen LogP contribution >= 0.6 is 0 Å². The average molecular weight is 472 g/mol. The van der Waals surface area contributed by atoms with Crippen molar-refractivity contribution >= 4 is 33.2 Å². The van der Waals surface area contributed by atoms with Crippen LogP contribution in [-0.4, -0.2) is 67.3 Å². The van der Waals surface area contributed by atoms with Gasteiger partial charge in [-0.1, -0.05) is 12.1 Å². The molecule has 4 heterocycles. The number of methoxy groups -OCH3 is 1. The van der Waals surface area contributed by atoms with Gasteiger partial charge >= 0.3 is 0 Å². The quantitative estimate of drug-likeness (QED) is 0.401. The van der Waals surface area contributed by atoms with Gasteiger partial charge in [0, 0.05) is 62.3 Å². The Morgan fingerprint density at radius 2 is 1.57 bits per heavy atom. The molecule has 0 atom stereocenters. The molecule has 2 aliphatic heterocycles. The molecule has 2 saturated heterocycles. The zero-order chi connectivity index (χ0) is 23.8. The first-order valence-corrected chi connectivity index (χ1v) is 12.4. The van der Waals surface area contributed by atoms with Crippen molar-refractivity contribution in [3.63, 3.8) is 0 Å². The Morgan fingerprint density at radius 1 is 0.800 bits per heavy atom. The van der Waals surface area contributed by atoms with Crippen LogP contribution in [0, 0.1) is 5.95 Å². The lowest BCUT2D eigenvalue weighted by molar-refractivity contribution is 0.160. The van der Waals surface area contributed by atoms with E-state index in [0.29, 0.717) is 6.04 Å². The Hall–Kier alpha value is -3.45. The number of halogens is 1. The van der Waals surface area contributed by atoms with Crippen LogP contribution in [0.15, 0.2) is 60.8 Å². The van der Waals surface area contributed by atoms with Crippen LogP contribution in [0.25, 0.3) is 21.8 Å². The van der Waals surface area contributed by atoms with Gasteiger partial charge in [-0.25, -0.2) is 4.98 Å². The highest BCUT2D eigenvalue weighted by atomic mass is 19.1. The van der Waals surface area contributed by atoms with Crippen LogP contribution in [0.4, 0.5) is 15.8 Å². The van der Waals surface area contributed by atoms with Gasteiger partial charge < -0.3 is 14.5 Å². The van der Waals surface area contributed by atoms with Crippen molar-refractivity contribution in [2.24, 2.45) is 0 Å². The molecule has 6 rings (SSSR count). The van der Waals surface area contributed by atoms with E-state index in [1.807, 2.05) is 30.5 Å². The van der Waals surface area contributed by atoms with E-state index in [4.69, 9.17) is 4.74 Å². The normalized spacial score (nSPS) is 17.9. The van der Waals surface area contributed by atoms with E-state index in [2.05, 4.69) is 48.9 Å². The molecule has 6 nitrogen and oxygen atoms in total. The predicted octanol–water partition coefficient (Wildman–Crippen LogP) is 4.72. The highest BCUT2D eigenvalue weighted by Gasteiger charge is 2.29. The summed E-state index contributed by atoms with van der Waals surface area (Å²) in [6.45, 7) is 6.01. The van der Waals surface area contributed by atoms with E-state index >= 15 is 0 Å². The second-order valence-electron chi connectivity index (χ2n) is 9.41. The summed E-state index contributed by atoms with van der Waals surface area (Å²) >= 11 is 0. The molecular weight excluding hydrogens is 441 g/mol. The number of aromatic nitrogens is 2. The van der Waals surface area contributed by atoms with Crippen molar-refractivity contribution in [2.45, 2.75) is 18.9 Å². The zero-order valence-corrected chi connectivity index (χ0v) is 20.0. The summed E-state index contributed by atoms with van der Waals surface area (Å²) in [7, 11) is 1.71. The number of benzene rings is 2. The van der Waals surface area contributed by atoms with E-state index in [0.717, 1.165) is 85.4 Å². The van der Waals surface area contributed by atoms with Crippen molar-refractivity contribution in [1.29, 1.82) is 0 Å². The fourth-order valence-electron chi connectivity index (χ4n) is 5.73. The van der Waals surface area contributed by atoms with Gasteiger partial charge in [-0.05, 0) is 55.3 Å². The smallest absolute Gasteiger partial charge is 0.213 e. The van der Waals surface area contributed by atoms with E-state index in [-0.39, 0.29) is 0 Å². The Labute approximate surface area is 204 Å². The number of ether oxygens (including phenoxy) is 1. The minimum Gasteiger partial charge on any atom is -0.496 e. The highest BCUT2D eigenvalue weighted by Crippen LogP contribution is 2.33. The largest absolute Gasteiger partial charge is 0.496 e. The van der Waals surface area contributed by atoms with E-state index in [9.17, 15) is 4.39 Å². The average Bonchev–Trinajstić information content (AvgIpc) is 2.92. The van der Waals surface area contributed by atoms with E-state index < -0.39 is 5.95 Å². The van der Waals surface area contributed by atoms with Gasteiger partial charge in [0.15, 0.2) is 0 Å². The van der Waals surface area contributed by atoms with Gasteiger partial charge in [-0.15, -0.1) is 0 Å². The molecule has 2 aliphatic rings. The molecule has 180 valence electrons. The molecule has 0 saturated carbocycles. The van der Waals surface area contributed by atoms with Crippen molar-refractivity contribution in [2.75, 3.05) is 56.2 Å². The first kappa shape index (κ1) is 22.0. The number of pyridine rings is 2. The third-order valence-electron chi connectivity index (χ3n) is 7.57. The van der Waals surface area contributed by atoms with Gasteiger partial charge in [-0.3, -0.25) is 9.88 Å². The minimum absolute atomic E-state index is 0.419. The topological polar surface area (TPSA) is 44.7 Å². The van der Waals surface area contributed by atoms with Gasteiger partial charge in [0.25, 0.3) is 0 Å². The standard InChI is InChI=1S/C28H30FN5O/c1-35-25-9-8-24(28-22(25)5-3-13-30-28)34-18-16-32(17-19-34)21-11-14-33(15-12-21)23-6-2-4-20-7-10-26(29)31-27(20)23/h2-10,13,21H,11-12,14-19H2,1H3. The Kier molecular flexibility index (Phi) is 5.86. The molecule has 4 aromatic rings. The molecular formula is C28H30FN5O. The molecule has 0 spiro atoms. The SMILES string of the molecule is COc1ccc(N2CCN(C3CCN(c4cccc5ccc(F)nc45)CC3)CC2)c2ncccc12. The third kappa shape index (κ3) is 4.14. The molecule has 0 aliphatic carbocycles. The monoisotopic (exact) mass is 471 g/mol. The number of hydrogen-bond donors (Lipinski definition) is 0. The lowest BCUT2D eigenvalue weighted by Gasteiger charge is -2.44. The first-order valence-electron chi connectivity index (χ1n) is 12.4. The highest BCUT2D eigenvalue weighted by molar-refractivity contribution is 5.95. The Bertz CT molecular complexity index is 1350. The molecule has 2 aromatic heterocycles. The first-order chi connectivity index (χ1) is 17.2. The summed E-state index contributed by atoms with van der Waals surface area (Å²) in [4.78, 5) is 16.3. The molecule has 0 N–H and O–H groups in total. The number of fused-ring (bicyclic) bond motifs is 2. The lowest BCUT2D eigenvalue weighted by atomic mass is 10.0. The van der Waals surface area contributed by atoms with E-state index in [1.165, 1.54) is 11.8 Å². The molecule has 0 bridgehead atoms. The second kappa shape index (κ2) is 9.30. The molecule has 2 aromatic carbocycles. The summed E-state index contributed by atoms with van der Waals surface area (Å²) in [5.41, 5.74) is 4.00. The maximum atomic E-state index is 13.8.